The van der Waals surface area contributed by atoms with Gasteiger partial charge in [-0.05, 0) is 35.6 Å². The highest BCUT2D eigenvalue weighted by molar-refractivity contribution is 6.43. The van der Waals surface area contributed by atoms with E-state index < -0.39 is 24.6 Å². The topological polar surface area (TPSA) is 110 Å². The molecule has 1 amide bonds. The van der Waals surface area contributed by atoms with Crippen LogP contribution in [0.25, 0.3) is 0 Å². The van der Waals surface area contributed by atoms with Crippen LogP contribution in [0.5, 0.6) is 5.75 Å². The molecule has 182 valence electrons. The monoisotopic (exact) mass is 468 g/mol. The van der Waals surface area contributed by atoms with Crippen LogP contribution in [0.15, 0.2) is 59.8 Å². The molecule has 0 aliphatic carbocycles. The molecule has 2 unspecified atom stereocenters. The number of amides is 1. The highest BCUT2D eigenvalue weighted by Crippen LogP contribution is 2.30. The van der Waals surface area contributed by atoms with Gasteiger partial charge in [0.15, 0.2) is 0 Å². The normalized spacial score (nSPS) is 18.2. The van der Waals surface area contributed by atoms with Crippen LogP contribution in [-0.2, 0) is 27.4 Å². The molecule has 0 saturated carbocycles. The molecule has 1 aliphatic heterocycles. The van der Waals surface area contributed by atoms with Crippen molar-refractivity contribution in [1.82, 2.24) is 5.32 Å². The Balaban J connectivity index is 1.68. The Morgan fingerprint density at radius 3 is 2.56 bits per heavy atom. The summed E-state index contributed by atoms with van der Waals surface area (Å²) in [5.74, 6) is -0.319. The number of hydrogen-bond donors (Lipinski definition) is 3. The van der Waals surface area contributed by atoms with E-state index in [2.05, 4.69) is 10.5 Å². The van der Waals surface area contributed by atoms with Gasteiger partial charge in [0.05, 0.1) is 32.0 Å². The third-order valence-electron chi connectivity index (χ3n) is 5.66. The van der Waals surface area contributed by atoms with Crippen molar-refractivity contribution < 1.29 is 29.2 Å². The van der Waals surface area contributed by atoms with E-state index in [1.807, 2.05) is 68.4 Å². The van der Waals surface area contributed by atoms with Crippen molar-refractivity contribution in [2.24, 2.45) is 11.1 Å². The minimum atomic E-state index is -1.67. The lowest BCUT2D eigenvalue weighted by atomic mass is 9.74. The van der Waals surface area contributed by atoms with E-state index >= 15 is 0 Å². The van der Waals surface area contributed by atoms with Gasteiger partial charge in [-0.1, -0.05) is 61.5 Å². The average Bonchev–Trinajstić information content (AvgIpc) is 3.23. The minimum absolute atomic E-state index is 0.165. The number of ether oxygens (including phenoxy) is 2. The zero-order valence-electron chi connectivity index (χ0n) is 19.9. The maximum atomic E-state index is 13.4. The maximum absolute atomic E-state index is 13.4. The van der Waals surface area contributed by atoms with Crippen LogP contribution in [0.4, 0.5) is 0 Å². The van der Waals surface area contributed by atoms with E-state index in [-0.39, 0.29) is 18.9 Å². The largest absolute Gasteiger partial charge is 0.497 e. The van der Waals surface area contributed by atoms with Crippen molar-refractivity contribution in [2.45, 2.75) is 51.3 Å². The van der Waals surface area contributed by atoms with Crippen molar-refractivity contribution in [2.75, 3.05) is 13.7 Å². The van der Waals surface area contributed by atoms with Crippen LogP contribution < -0.4 is 10.1 Å². The smallest absolute Gasteiger partial charge is 0.475 e. The fourth-order valence-corrected chi connectivity index (χ4v) is 3.96. The zero-order valence-corrected chi connectivity index (χ0v) is 19.9. The second kappa shape index (κ2) is 12.0. The first kappa shape index (κ1) is 25.7. The van der Waals surface area contributed by atoms with Gasteiger partial charge in [-0.2, -0.15) is 0 Å². The summed E-state index contributed by atoms with van der Waals surface area (Å²) in [6.07, 6.45) is 0.947. The molecule has 2 aromatic carbocycles. The first-order valence-corrected chi connectivity index (χ1v) is 11.5. The van der Waals surface area contributed by atoms with Crippen LogP contribution in [0.1, 0.15) is 37.8 Å². The number of hydrogen-bond acceptors (Lipinski definition) is 7. The second-order valence-corrected chi connectivity index (χ2v) is 9.05. The standard InChI is InChI=1S/C25H33BN2O6/c1-18(2)12-23(26(30)31)27-24(29)25(14-19-8-5-4-6-9-19)15-21(28-34-25)17-33-16-20-10-7-11-22(13-20)32-3/h4-11,13,18,23,30-31H,12,14-17H2,1-3H3,(H,27,29). The van der Waals surface area contributed by atoms with E-state index in [9.17, 15) is 14.8 Å². The van der Waals surface area contributed by atoms with Crippen LogP contribution in [0.2, 0.25) is 0 Å². The molecule has 0 saturated heterocycles. The summed E-state index contributed by atoms with van der Waals surface area (Å²) in [6.45, 7) is 4.47. The molecule has 0 bridgehead atoms. The van der Waals surface area contributed by atoms with Gasteiger partial charge in [-0.3, -0.25) is 4.79 Å². The Hall–Kier alpha value is -2.88. The SMILES string of the molecule is COc1cccc(COCC2=NOC(Cc3ccccc3)(C(=O)NC(CC(C)C)B(O)O)C2)c1. The van der Waals surface area contributed by atoms with Gasteiger partial charge >= 0.3 is 7.12 Å². The van der Waals surface area contributed by atoms with Gasteiger partial charge in [-0.25, -0.2) is 0 Å². The molecule has 0 aromatic heterocycles. The molecule has 1 heterocycles. The fraction of sp³-hybridized carbons (Fsp3) is 0.440. The van der Waals surface area contributed by atoms with Gasteiger partial charge in [0.2, 0.25) is 5.60 Å². The number of carbonyl (C=O) groups excluding carboxylic acids is 1. The van der Waals surface area contributed by atoms with Crippen LogP contribution in [0, 0.1) is 5.92 Å². The lowest BCUT2D eigenvalue weighted by molar-refractivity contribution is -0.144. The molecule has 9 heteroatoms. The lowest BCUT2D eigenvalue weighted by Crippen LogP contribution is -2.56. The molecule has 3 rings (SSSR count). The average molecular weight is 468 g/mol. The molecule has 2 aromatic rings. The third-order valence-corrected chi connectivity index (χ3v) is 5.66. The Bertz CT molecular complexity index is 969. The Kier molecular flexibility index (Phi) is 9.09. The van der Waals surface area contributed by atoms with E-state index in [1.165, 1.54) is 0 Å². The van der Waals surface area contributed by atoms with E-state index in [0.29, 0.717) is 25.2 Å². The number of carbonyl (C=O) groups is 1. The highest BCUT2D eigenvalue weighted by atomic mass is 16.7. The molecule has 0 radical (unpaired) electrons. The fourth-order valence-electron chi connectivity index (χ4n) is 3.96. The molecule has 2 atom stereocenters. The number of rotatable bonds is 12. The summed E-state index contributed by atoms with van der Waals surface area (Å²) in [7, 11) is -0.0585. The number of nitrogens with one attached hydrogen (secondary N) is 1. The first-order chi connectivity index (χ1) is 16.3. The predicted octanol–water partition coefficient (Wildman–Crippen LogP) is 2.51. The van der Waals surface area contributed by atoms with Crippen LogP contribution in [-0.4, -0.2) is 54.0 Å². The summed E-state index contributed by atoms with van der Waals surface area (Å²) in [5, 5.41) is 26.5. The Morgan fingerprint density at radius 1 is 1.15 bits per heavy atom. The molecule has 0 spiro atoms. The van der Waals surface area contributed by atoms with Gasteiger partial charge in [0.25, 0.3) is 5.91 Å². The number of oxime groups is 1. The zero-order chi connectivity index (χ0) is 24.6. The number of methoxy groups -OCH3 is 1. The highest BCUT2D eigenvalue weighted by Gasteiger charge is 2.48. The molecule has 34 heavy (non-hydrogen) atoms. The van der Waals surface area contributed by atoms with Crippen LogP contribution >= 0.6 is 0 Å². The molecule has 0 fully saturated rings. The number of benzene rings is 2. The summed E-state index contributed by atoms with van der Waals surface area (Å²) in [4.78, 5) is 19.1. The van der Waals surface area contributed by atoms with Crippen molar-refractivity contribution >= 4 is 18.7 Å². The van der Waals surface area contributed by atoms with Gasteiger partial charge in [0, 0.05) is 12.8 Å². The summed E-state index contributed by atoms with van der Waals surface area (Å²) in [6, 6.07) is 17.1. The molecule has 1 aliphatic rings. The first-order valence-electron chi connectivity index (χ1n) is 11.5. The lowest BCUT2D eigenvalue weighted by Gasteiger charge is -2.29. The van der Waals surface area contributed by atoms with Gasteiger partial charge < -0.3 is 29.7 Å². The quantitative estimate of drug-likeness (QED) is 0.413. The molecular formula is C25H33BN2O6. The van der Waals surface area contributed by atoms with Gasteiger partial charge in [0.1, 0.15) is 5.75 Å². The predicted molar refractivity (Wildman–Crippen MR) is 130 cm³/mol. The summed E-state index contributed by atoms with van der Waals surface area (Å²) >= 11 is 0. The van der Waals surface area contributed by atoms with Crippen molar-refractivity contribution in [3.05, 3.63) is 65.7 Å². The molecule has 8 nitrogen and oxygen atoms in total. The Morgan fingerprint density at radius 2 is 1.88 bits per heavy atom. The van der Waals surface area contributed by atoms with Crippen molar-refractivity contribution in [3.63, 3.8) is 0 Å². The van der Waals surface area contributed by atoms with E-state index in [1.54, 1.807) is 7.11 Å². The number of nitrogens with zero attached hydrogens (tertiary/aromatic N) is 1. The molecule has 3 N–H and O–H groups in total. The van der Waals surface area contributed by atoms with Crippen molar-refractivity contribution in [3.8, 4) is 5.75 Å². The minimum Gasteiger partial charge on any atom is -0.497 e. The van der Waals surface area contributed by atoms with Gasteiger partial charge in [-0.15, -0.1) is 0 Å². The van der Waals surface area contributed by atoms with E-state index in [0.717, 1.165) is 16.9 Å². The van der Waals surface area contributed by atoms with Crippen LogP contribution in [0.3, 0.4) is 0 Å². The summed E-state index contributed by atoms with van der Waals surface area (Å²) < 4.78 is 11.1. The third kappa shape index (κ3) is 7.06. The Labute approximate surface area is 201 Å². The molecular weight excluding hydrogens is 435 g/mol. The van der Waals surface area contributed by atoms with Crippen molar-refractivity contribution in [1.29, 1.82) is 0 Å². The van der Waals surface area contributed by atoms with E-state index in [4.69, 9.17) is 14.3 Å². The second-order valence-electron chi connectivity index (χ2n) is 9.05. The maximum Gasteiger partial charge on any atom is 0.475 e. The summed E-state index contributed by atoms with van der Waals surface area (Å²) in [5.41, 5.74) is 1.19.